The molecule has 0 saturated carbocycles. The maximum atomic E-state index is 11.8. The van der Waals surface area contributed by atoms with Crippen LogP contribution in [0.15, 0.2) is 51.7 Å². The van der Waals surface area contributed by atoms with Crippen molar-refractivity contribution in [3.63, 3.8) is 0 Å². The van der Waals surface area contributed by atoms with Gasteiger partial charge in [-0.05, 0) is 61.4 Å². The Hall–Kier alpha value is -2.46. The molecule has 24 heavy (non-hydrogen) atoms. The summed E-state index contributed by atoms with van der Waals surface area (Å²) >= 11 is 6.21. The first kappa shape index (κ1) is 16.4. The lowest BCUT2D eigenvalue weighted by Gasteiger charge is -2.10. The zero-order valence-electron chi connectivity index (χ0n) is 13.6. The molecule has 3 rings (SSSR count). The summed E-state index contributed by atoms with van der Waals surface area (Å²) in [7, 11) is 0. The minimum absolute atomic E-state index is 0.368. The van der Waals surface area contributed by atoms with E-state index in [0.717, 1.165) is 28.0 Å². The fourth-order valence-corrected chi connectivity index (χ4v) is 2.69. The molecule has 124 valence electrons. The van der Waals surface area contributed by atoms with Gasteiger partial charge in [0.1, 0.15) is 11.3 Å². The van der Waals surface area contributed by atoms with E-state index in [0.29, 0.717) is 23.8 Å². The van der Waals surface area contributed by atoms with E-state index in [1.165, 1.54) is 6.07 Å². The molecule has 0 bridgehead atoms. The lowest BCUT2D eigenvalue weighted by Crippen LogP contribution is -2.06. The van der Waals surface area contributed by atoms with Crippen LogP contribution in [0.25, 0.3) is 11.0 Å². The Kier molecular flexibility index (Phi) is 4.76. The van der Waals surface area contributed by atoms with Crippen LogP contribution in [0.1, 0.15) is 18.1 Å². The molecule has 0 radical (unpaired) electrons. The highest BCUT2D eigenvalue weighted by molar-refractivity contribution is 6.32. The number of benzene rings is 2. The number of hydrogen-bond donors (Lipinski definition) is 1. The number of hydrogen-bond acceptors (Lipinski definition) is 4. The topological polar surface area (TPSA) is 51.5 Å². The van der Waals surface area contributed by atoms with E-state index in [4.69, 9.17) is 20.8 Å². The number of nitrogens with one attached hydrogen (secondary N) is 1. The Morgan fingerprint density at radius 1 is 1.17 bits per heavy atom. The summed E-state index contributed by atoms with van der Waals surface area (Å²) in [4.78, 5) is 11.8. The van der Waals surface area contributed by atoms with E-state index < -0.39 is 0 Å². The summed E-state index contributed by atoms with van der Waals surface area (Å²) in [5.41, 5.74) is 2.85. The standard InChI is InChI=1S/C19H18ClNO3/c1-3-23-15-6-4-14(5-7-15)21-11-13-9-19(22)24-18-8-12(2)17(20)10-16(13)18/h4-10,21H,3,11H2,1-2H3. The van der Waals surface area contributed by atoms with E-state index in [1.807, 2.05) is 44.2 Å². The van der Waals surface area contributed by atoms with Crippen LogP contribution < -0.4 is 15.7 Å². The van der Waals surface area contributed by atoms with Gasteiger partial charge in [0, 0.05) is 28.7 Å². The van der Waals surface area contributed by atoms with Crippen molar-refractivity contribution in [1.29, 1.82) is 0 Å². The van der Waals surface area contributed by atoms with Crippen LogP contribution in [-0.4, -0.2) is 6.61 Å². The number of aryl methyl sites for hydroxylation is 1. The van der Waals surface area contributed by atoms with Gasteiger partial charge in [0.05, 0.1) is 6.61 Å². The lowest BCUT2D eigenvalue weighted by molar-refractivity contribution is 0.340. The van der Waals surface area contributed by atoms with Gasteiger partial charge in [0.15, 0.2) is 0 Å². The van der Waals surface area contributed by atoms with Crippen LogP contribution in [0.2, 0.25) is 5.02 Å². The van der Waals surface area contributed by atoms with Crippen LogP contribution in [-0.2, 0) is 6.54 Å². The Morgan fingerprint density at radius 3 is 2.62 bits per heavy atom. The summed E-state index contributed by atoms with van der Waals surface area (Å²) in [6, 6.07) is 12.8. The Balaban J connectivity index is 1.86. The van der Waals surface area contributed by atoms with Crippen molar-refractivity contribution in [3.8, 4) is 5.75 Å². The number of anilines is 1. The predicted octanol–water partition coefficient (Wildman–Crippen LogP) is 4.77. The molecule has 0 fully saturated rings. The first-order valence-corrected chi connectivity index (χ1v) is 8.14. The highest BCUT2D eigenvalue weighted by Crippen LogP contribution is 2.26. The monoisotopic (exact) mass is 343 g/mol. The summed E-state index contributed by atoms with van der Waals surface area (Å²) in [6.07, 6.45) is 0. The van der Waals surface area contributed by atoms with Gasteiger partial charge >= 0.3 is 5.63 Å². The van der Waals surface area contributed by atoms with Crippen molar-refractivity contribution in [2.75, 3.05) is 11.9 Å². The van der Waals surface area contributed by atoms with Crippen molar-refractivity contribution < 1.29 is 9.15 Å². The third-order valence-corrected chi connectivity index (χ3v) is 4.16. The highest BCUT2D eigenvalue weighted by atomic mass is 35.5. The third-order valence-electron chi connectivity index (χ3n) is 3.76. The number of ether oxygens (including phenoxy) is 1. The average Bonchev–Trinajstić information content (AvgIpc) is 2.56. The second-order valence-electron chi connectivity index (χ2n) is 5.50. The second-order valence-corrected chi connectivity index (χ2v) is 5.91. The van der Waals surface area contributed by atoms with E-state index in [2.05, 4.69) is 5.32 Å². The Bertz CT molecular complexity index is 916. The van der Waals surface area contributed by atoms with Gasteiger partial charge in [-0.1, -0.05) is 11.6 Å². The maximum absolute atomic E-state index is 11.8. The van der Waals surface area contributed by atoms with Crippen molar-refractivity contribution in [3.05, 3.63) is 69.0 Å². The molecule has 4 nitrogen and oxygen atoms in total. The fourth-order valence-electron chi connectivity index (χ4n) is 2.53. The molecule has 0 amide bonds. The summed E-state index contributed by atoms with van der Waals surface area (Å²) < 4.78 is 10.7. The quantitative estimate of drug-likeness (QED) is 0.678. The molecule has 1 heterocycles. The molecule has 5 heteroatoms. The number of halogens is 1. The minimum Gasteiger partial charge on any atom is -0.494 e. The zero-order chi connectivity index (χ0) is 17.1. The zero-order valence-corrected chi connectivity index (χ0v) is 14.3. The third kappa shape index (κ3) is 3.54. The normalized spacial score (nSPS) is 10.8. The summed E-state index contributed by atoms with van der Waals surface area (Å²) in [5, 5.41) is 4.79. The maximum Gasteiger partial charge on any atom is 0.336 e. The van der Waals surface area contributed by atoms with Gasteiger partial charge < -0.3 is 14.5 Å². The lowest BCUT2D eigenvalue weighted by atomic mass is 10.1. The highest BCUT2D eigenvalue weighted by Gasteiger charge is 2.08. The summed E-state index contributed by atoms with van der Waals surface area (Å²) in [6.45, 7) is 4.96. The predicted molar refractivity (Wildman–Crippen MR) is 97.2 cm³/mol. The smallest absolute Gasteiger partial charge is 0.336 e. The Labute approximate surface area is 145 Å². The molecule has 0 saturated heterocycles. The average molecular weight is 344 g/mol. The van der Waals surface area contributed by atoms with Gasteiger partial charge in [-0.2, -0.15) is 0 Å². The van der Waals surface area contributed by atoms with Gasteiger partial charge in [0.25, 0.3) is 0 Å². The van der Waals surface area contributed by atoms with Crippen LogP contribution in [0.3, 0.4) is 0 Å². The molecule has 1 aromatic heterocycles. The molecule has 2 aromatic carbocycles. The molecule has 0 spiro atoms. The molecule has 0 aliphatic carbocycles. The molecular weight excluding hydrogens is 326 g/mol. The molecular formula is C19H18ClNO3. The number of fused-ring (bicyclic) bond motifs is 1. The SMILES string of the molecule is CCOc1ccc(NCc2cc(=O)oc3cc(C)c(Cl)cc23)cc1. The number of rotatable bonds is 5. The van der Waals surface area contributed by atoms with Crippen LogP contribution in [0, 0.1) is 6.92 Å². The van der Waals surface area contributed by atoms with Crippen molar-refractivity contribution in [2.45, 2.75) is 20.4 Å². The van der Waals surface area contributed by atoms with Gasteiger partial charge in [-0.25, -0.2) is 4.79 Å². The molecule has 0 aliphatic rings. The molecule has 3 aromatic rings. The van der Waals surface area contributed by atoms with Gasteiger partial charge in [-0.15, -0.1) is 0 Å². The summed E-state index contributed by atoms with van der Waals surface area (Å²) in [5.74, 6) is 0.830. The molecule has 1 N–H and O–H groups in total. The van der Waals surface area contributed by atoms with Crippen LogP contribution in [0.5, 0.6) is 5.75 Å². The van der Waals surface area contributed by atoms with E-state index in [-0.39, 0.29) is 5.63 Å². The van der Waals surface area contributed by atoms with Crippen molar-refractivity contribution in [2.24, 2.45) is 0 Å². The fraction of sp³-hybridized carbons (Fsp3) is 0.211. The first-order valence-electron chi connectivity index (χ1n) is 7.76. The minimum atomic E-state index is -0.368. The molecule has 0 unspecified atom stereocenters. The van der Waals surface area contributed by atoms with Gasteiger partial charge in [0.2, 0.25) is 0 Å². The van der Waals surface area contributed by atoms with Crippen LogP contribution in [0.4, 0.5) is 5.69 Å². The molecule has 0 atom stereocenters. The van der Waals surface area contributed by atoms with E-state index >= 15 is 0 Å². The van der Waals surface area contributed by atoms with Crippen molar-refractivity contribution >= 4 is 28.3 Å². The Morgan fingerprint density at radius 2 is 1.92 bits per heavy atom. The van der Waals surface area contributed by atoms with Gasteiger partial charge in [-0.3, -0.25) is 0 Å². The van der Waals surface area contributed by atoms with Crippen LogP contribution >= 0.6 is 11.6 Å². The second kappa shape index (κ2) is 6.97. The van der Waals surface area contributed by atoms with Crippen molar-refractivity contribution in [1.82, 2.24) is 0 Å². The largest absolute Gasteiger partial charge is 0.494 e. The van der Waals surface area contributed by atoms with E-state index in [9.17, 15) is 4.79 Å². The van der Waals surface area contributed by atoms with E-state index in [1.54, 1.807) is 6.07 Å². The molecule has 0 aliphatic heterocycles. The first-order chi connectivity index (χ1) is 11.6.